The standard InChI is InChI=1S/C8H11ClN2/c1-6-5-7(2)11-8(10-6)3-4-9/h5H,3-4H2,1-2H3. The van der Waals surface area contributed by atoms with Crippen LogP contribution in [0.15, 0.2) is 6.07 Å². The third-order valence-electron chi connectivity index (χ3n) is 1.35. The molecule has 3 heteroatoms. The van der Waals surface area contributed by atoms with Gasteiger partial charge in [-0.05, 0) is 19.9 Å². The maximum Gasteiger partial charge on any atom is 0.130 e. The number of alkyl halides is 1. The molecule has 60 valence electrons. The Bertz CT molecular complexity index is 228. The fraction of sp³-hybridized carbons (Fsp3) is 0.500. The van der Waals surface area contributed by atoms with E-state index in [-0.39, 0.29) is 0 Å². The minimum atomic E-state index is 0.586. The average Bonchev–Trinajstić information content (AvgIpc) is 1.85. The van der Waals surface area contributed by atoms with Crippen LogP contribution in [-0.4, -0.2) is 15.8 Å². The van der Waals surface area contributed by atoms with Crippen LogP contribution in [0.3, 0.4) is 0 Å². The minimum Gasteiger partial charge on any atom is -0.238 e. The summed E-state index contributed by atoms with van der Waals surface area (Å²) in [5.74, 6) is 1.43. The van der Waals surface area contributed by atoms with Crippen molar-refractivity contribution in [3.63, 3.8) is 0 Å². The highest BCUT2D eigenvalue weighted by atomic mass is 35.5. The summed E-state index contributed by atoms with van der Waals surface area (Å²) < 4.78 is 0. The lowest BCUT2D eigenvalue weighted by Crippen LogP contribution is -1.99. The summed E-state index contributed by atoms with van der Waals surface area (Å²) in [6.07, 6.45) is 0.754. The van der Waals surface area contributed by atoms with Crippen molar-refractivity contribution in [1.82, 2.24) is 9.97 Å². The van der Waals surface area contributed by atoms with E-state index in [1.807, 2.05) is 19.9 Å². The van der Waals surface area contributed by atoms with Gasteiger partial charge in [0.1, 0.15) is 5.82 Å². The summed E-state index contributed by atoms with van der Waals surface area (Å²) in [5.41, 5.74) is 2.02. The maximum atomic E-state index is 5.56. The minimum absolute atomic E-state index is 0.586. The van der Waals surface area contributed by atoms with Gasteiger partial charge >= 0.3 is 0 Å². The lowest BCUT2D eigenvalue weighted by atomic mass is 10.3. The molecular weight excluding hydrogens is 160 g/mol. The lowest BCUT2D eigenvalue weighted by molar-refractivity contribution is 0.900. The molecule has 1 aromatic rings. The summed E-state index contributed by atoms with van der Waals surface area (Å²) in [4.78, 5) is 8.46. The SMILES string of the molecule is Cc1cc(C)nc(CCCl)n1. The third-order valence-corrected chi connectivity index (χ3v) is 1.54. The van der Waals surface area contributed by atoms with Gasteiger partial charge < -0.3 is 0 Å². The number of rotatable bonds is 2. The Labute approximate surface area is 71.6 Å². The van der Waals surface area contributed by atoms with Crippen LogP contribution in [-0.2, 0) is 6.42 Å². The predicted octanol–water partition coefficient (Wildman–Crippen LogP) is 1.87. The quantitative estimate of drug-likeness (QED) is 0.634. The third kappa shape index (κ3) is 2.46. The molecule has 0 fully saturated rings. The second-order valence-corrected chi connectivity index (χ2v) is 2.88. The molecule has 0 saturated carbocycles. The molecule has 0 aliphatic rings. The number of nitrogens with zero attached hydrogens (tertiary/aromatic N) is 2. The van der Waals surface area contributed by atoms with E-state index in [0.29, 0.717) is 5.88 Å². The molecule has 0 radical (unpaired) electrons. The van der Waals surface area contributed by atoms with Crippen LogP contribution in [0.2, 0.25) is 0 Å². The number of hydrogen-bond donors (Lipinski definition) is 0. The van der Waals surface area contributed by atoms with Gasteiger partial charge in [-0.3, -0.25) is 0 Å². The molecule has 1 heterocycles. The Morgan fingerprint density at radius 3 is 2.27 bits per heavy atom. The first-order valence-corrected chi connectivity index (χ1v) is 4.13. The summed E-state index contributed by atoms with van der Waals surface area (Å²) in [7, 11) is 0. The largest absolute Gasteiger partial charge is 0.238 e. The highest BCUT2D eigenvalue weighted by Crippen LogP contribution is 2.00. The second kappa shape index (κ2) is 3.67. The number of aromatic nitrogens is 2. The molecule has 0 spiro atoms. The van der Waals surface area contributed by atoms with Gasteiger partial charge in [0.15, 0.2) is 0 Å². The van der Waals surface area contributed by atoms with Gasteiger partial charge in [0.2, 0.25) is 0 Å². The summed E-state index contributed by atoms with van der Waals surface area (Å²) in [6.45, 7) is 3.93. The Morgan fingerprint density at radius 2 is 1.82 bits per heavy atom. The van der Waals surface area contributed by atoms with Crippen molar-refractivity contribution in [2.75, 3.05) is 5.88 Å². The molecule has 0 aliphatic heterocycles. The first kappa shape index (κ1) is 8.47. The monoisotopic (exact) mass is 170 g/mol. The zero-order valence-corrected chi connectivity index (χ0v) is 7.52. The van der Waals surface area contributed by atoms with Crippen molar-refractivity contribution in [3.8, 4) is 0 Å². The molecule has 1 rings (SSSR count). The highest BCUT2D eigenvalue weighted by Gasteiger charge is 1.97. The molecule has 0 amide bonds. The number of halogens is 1. The van der Waals surface area contributed by atoms with Crippen LogP contribution in [0, 0.1) is 13.8 Å². The first-order chi connectivity index (χ1) is 5.22. The maximum absolute atomic E-state index is 5.56. The van der Waals surface area contributed by atoms with Crippen LogP contribution in [0.4, 0.5) is 0 Å². The van der Waals surface area contributed by atoms with E-state index in [9.17, 15) is 0 Å². The van der Waals surface area contributed by atoms with Crippen molar-refractivity contribution < 1.29 is 0 Å². The molecular formula is C8H11ClN2. The van der Waals surface area contributed by atoms with Crippen molar-refractivity contribution in [1.29, 1.82) is 0 Å². The molecule has 0 atom stereocenters. The van der Waals surface area contributed by atoms with Crippen LogP contribution >= 0.6 is 11.6 Å². The fourth-order valence-electron chi connectivity index (χ4n) is 0.995. The van der Waals surface area contributed by atoms with E-state index in [4.69, 9.17) is 11.6 Å². The Kier molecular flexibility index (Phi) is 2.83. The van der Waals surface area contributed by atoms with E-state index >= 15 is 0 Å². The molecule has 0 saturated heterocycles. The molecule has 0 aliphatic carbocycles. The first-order valence-electron chi connectivity index (χ1n) is 3.59. The average molecular weight is 171 g/mol. The van der Waals surface area contributed by atoms with Gasteiger partial charge in [0, 0.05) is 23.7 Å². The van der Waals surface area contributed by atoms with Crippen molar-refractivity contribution in [3.05, 3.63) is 23.3 Å². The lowest BCUT2D eigenvalue weighted by Gasteiger charge is -1.99. The van der Waals surface area contributed by atoms with Gasteiger partial charge in [-0.15, -0.1) is 11.6 Å². The predicted molar refractivity (Wildman–Crippen MR) is 45.9 cm³/mol. The van der Waals surface area contributed by atoms with E-state index in [2.05, 4.69) is 9.97 Å². The molecule has 1 aromatic heterocycles. The normalized spacial score (nSPS) is 10.1. The number of aryl methyl sites for hydroxylation is 3. The Hall–Kier alpha value is -0.630. The summed E-state index contributed by atoms with van der Waals surface area (Å²) in [6, 6.07) is 1.96. The molecule has 11 heavy (non-hydrogen) atoms. The molecule has 0 aromatic carbocycles. The highest BCUT2D eigenvalue weighted by molar-refractivity contribution is 6.17. The van der Waals surface area contributed by atoms with Gasteiger partial charge in [0.25, 0.3) is 0 Å². The zero-order chi connectivity index (χ0) is 8.27. The summed E-state index contributed by atoms with van der Waals surface area (Å²) >= 11 is 5.56. The van der Waals surface area contributed by atoms with Gasteiger partial charge in [-0.1, -0.05) is 0 Å². The van der Waals surface area contributed by atoms with Crippen LogP contribution < -0.4 is 0 Å². The number of hydrogen-bond acceptors (Lipinski definition) is 2. The van der Waals surface area contributed by atoms with Crippen molar-refractivity contribution >= 4 is 11.6 Å². The Morgan fingerprint density at radius 1 is 1.27 bits per heavy atom. The van der Waals surface area contributed by atoms with Crippen LogP contribution in [0.25, 0.3) is 0 Å². The molecule has 0 unspecified atom stereocenters. The molecule has 0 N–H and O–H groups in total. The summed E-state index contributed by atoms with van der Waals surface area (Å²) in [5, 5.41) is 0. The topological polar surface area (TPSA) is 25.8 Å². The fourth-order valence-corrected chi connectivity index (χ4v) is 1.16. The molecule has 0 bridgehead atoms. The van der Waals surface area contributed by atoms with Crippen molar-refractivity contribution in [2.24, 2.45) is 0 Å². The van der Waals surface area contributed by atoms with Crippen molar-refractivity contribution in [2.45, 2.75) is 20.3 Å². The van der Waals surface area contributed by atoms with Gasteiger partial charge in [-0.25, -0.2) is 9.97 Å². The zero-order valence-electron chi connectivity index (χ0n) is 6.76. The van der Waals surface area contributed by atoms with Crippen LogP contribution in [0.1, 0.15) is 17.2 Å². The smallest absolute Gasteiger partial charge is 0.130 e. The van der Waals surface area contributed by atoms with Crippen LogP contribution in [0.5, 0.6) is 0 Å². The van der Waals surface area contributed by atoms with Gasteiger partial charge in [0.05, 0.1) is 0 Å². The second-order valence-electron chi connectivity index (χ2n) is 2.51. The Balaban J connectivity index is 2.89. The van der Waals surface area contributed by atoms with E-state index in [1.165, 1.54) is 0 Å². The van der Waals surface area contributed by atoms with E-state index in [1.54, 1.807) is 0 Å². The van der Waals surface area contributed by atoms with E-state index in [0.717, 1.165) is 23.6 Å². The van der Waals surface area contributed by atoms with E-state index < -0.39 is 0 Å². The van der Waals surface area contributed by atoms with Gasteiger partial charge in [-0.2, -0.15) is 0 Å². The molecule has 2 nitrogen and oxygen atoms in total.